The molecule has 0 saturated carbocycles. The van der Waals surface area contributed by atoms with Crippen molar-refractivity contribution in [3.8, 4) is 0 Å². The molecular weight excluding hydrogens is 406 g/mol. The van der Waals surface area contributed by atoms with Crippen molar-refractivity contribution in [2.45, 2.75) is 73.3 Å². The van der Waals surface area contributed by atoms with E-state index in [1.807, 2.05) is 26.8 Å². The van der Waals surface area contributed by atoms with Crippen LogP contribution in [0.1, 0.15) is 67.2 Å². The molecule has 0 spiro atoms. The van der Waals surface area contributed by atoms with Crippen molar-refractivity contribution >= 4 is 27.8 Å². The van der Waals surface area contributed by atoms with Gasteiger partial charge >= 0.3 is 5.97 Å². The number of hydrogen-bond donors (Lipinski definition) is 1. The average Bonchev–Trinajstić information content (AvgIpc) is 2.56. The first-order valence-electron chi connectivity index (χ1n) is 9.52. The number of ether oxygens (including phenoxy) is 1. The molecular formula is C22H36BrNO3. The van der Waals surface area contributed by atoms with Crippen molar-refractivity contribution in [3.63, 3.8) is 0 Å². The van der Waals surface area contributed by atoms with Crippen LogP contribution in [0.15, 0.2) is 34.4 Å². The second kappa shape index (κ2) is 12.9. The van der Waals surface area contributed by atoms with Gasteiger partial charge in [0, 0.05) is 0 Å². The third-order valence-electron chi connectivity index (χ3n) is 4.14. The highest BCUT2D eigenvalue weighted by atomic mass is 79.9. The van der Waals surface area contributed by atoms with Gasteiger partial charge in [0.25, 0.3) is 0 Å². The zero-order valence-corrected chi connectivity index (χ0v) is 19.5. The monoisotopic (exact) mass is 441 g/mol. The maximum Gasteiger partial charge on any atom is 0.328 e. The van der Waals surface area contributed by atoms with E-state index in [9.17, 15) is 9.59 Å². The maximum absolute atomic E-state index is 12.2. The fraction of sp³-hybridized carbons (Fsp3) is 0.636. The normalized spacial score (nSPS) is 14.6. The van der Waals surface area contributed by atoms with Gasteiger partial charge < -0.3 is 10.1 Å². The first kappa shape index (κ1) is 25.6. The highest BCUT2D eigenvalue weighted by Gasteiger charge is 2.22. The lowest BCUT2D eigenvalue weighted by Crippen LogP contribution is -2.41. The summed E-state index contributed by atoms with van der Waals surface area (Å²) in [6.45, 7) is 12.4. The first-order chi connectivity index (χ1) is 12.5. The molecule has 0 fully saturated rings. The van der Waals surface area contributed by atoms with Crippen LogP contribution in [0.3, 0.4) is 0 Å². The van der Waals surface area contributed by atoms with E-state index in [1.165, 1.54) is 18.8 Å². The Morgan fingerprint density at radius 3 is 2.33 bits per heavy atom. The van der Waals surface area contributed by atoms with Gasteiger partial charge in [-0.3, -0.25) is 4.79 Å². The maximum atomic E-state index is 12.2. The molecule has 0 aliphatic heterocycles. The molecule has 0 aliphatic carbocycles. The van der Waals surface area contributed by atoms with Crippen molar-refractivity contribution in [1.29, 1.82) is 0 Å². The molecule has 0 heterocycles. The van der Waals surface area contributed by atoms with Crippen LogP contribution in [0.25, 0.3) is 0 Å². The zero-order valence-electron chi connectivity index (χ0n) is 17.9. The molecule has 0 aliphatic rings. The van der Waals surface area contributed by atoms with E-state index in [0.717, 1.165) is 23.7 Å². The van der Waals surface area contributed by atoms with E-state index in [0.29, 0.717) is 6.42 Å². The van der Waals surface area contributed by atoms with Gasteiger partial charge in [0.2, 0.25) is 5.91 Å². The summed E-state index contributed by atoms with van der Waals surface area (Å²) in [6.07, 6.45) is 11.3. The Morgan fingerprint density at radius 1 is 1.19 bits per heavy atom. The van der Waals surface area contributed by atoms with Crippen molar-refractivity contribution < 1.29 is 14.3 Å². The number of carbonyl (C=O) groups excluding carboxylic acids is 2. The fourth-order valence-corrected chi connectivity index (χ4v) is 2.68. The Bertz CT molecular complexity index is 570. The van der Waals surface area contributed by atoms with Crippen LogP contribution in [0.2, 0.25) is 0 Å². The van der Waals surface area contributed by atoms with E-state index >= 15 is 0 Å². The van der Waals surface area contributed by atoms with Gasteiger partial charge in [-0.25, -0.2) is 4.79 Å². The number of methoxy groups -OCH3 is 1. The Kier molecular flexibility index (Phi) is 12.3. The van der Waals surface area contributed by atoms with Crippen LogP contribution >= 0.6 is 15.9 Å². The highest BCUT2D eigenvalue weighted by Crippen LogP contribution is 2.24. The van der Waals surface area contributed by atoms with Gasteiger partial charge in [0.05, 0.1) is 7.11 Å². The van der Waals surface area contributed by atoms with Gasteiger partial charge in [-0.1, -0.05) is 67.4 Å². The molecule has 1 N–H and O–H groups in total. The number of carbonyl (C=O) groups is 2. The van der Waals surface area contributed by atoms with Crippen molar-refractivity contribution in [2.75, 3.05) is 7.11 Å². The lowest BCUT2D eigenvalue weighted by molar-refractivity contribution is -0.145. The minimum atomic E-state index is -0.608. The standard InChI is InChI=1S/C22H36BrNO3/c1-16(2)15-19(21(26)27-7)24-20(25)12-14-22(5,6)13-11-17(3)9-8-10-18(4)23/h10-12,14,16,19H,8-9,13,15H2,1-7H3,(H,24,25)/b14-12+,17-11+,18-10+/t19-/m0/s1. The minimum Gasteiger partial charge on any atom is -0.467 e. The largest absolute Gasteiger partial charge is 0.467 e. The van der Waals surface area contributed by atoms with Crippen LogP contribution in [0.4, 0.5) is 0 Å². The lowest BCUT2D eigenvalue weighted by Gasteiger charge is -2.20. The molecule has 0 aromatic heterocycles. The summed E-state index contributed by atoms with van der Waals surface area (Å²) in [5.41, 5.74) is 1.20. The summed E-state index contributed by atoms with van der Waals surface area (Å²) in [7, 11) is 1.34. The molecule has 0 radical (unpaired) electrons. The van der Waals surface area contributed by atoms with Crippen LogP contribution < -0.4 is 5.32 Å². The number of nitrogens with one attached hydrogen (secondary N) is 1. The van der Waals surface area contributed by atoms with Gasteiger partial charge in [-0.05, 0) is 61.4 Å². The molecule has 0 rings (SSSR count). The number of halogens is 1. The third-order valence-corrected chi connectivity index (χ3v) is 4.46. The summed E-state index contributed by atoms with van der Waals surface area (Å²) < 4.78 is 5.94. The van der Waals surface area contributed by atoms with Crippen molar-refractivity contribution in [2.24, 2.45) is 11.3 Å². The fourth-order valence-electron chi connectivity index (χ4n) is 2.45. The Morgan fingerprint density at radius 2 is 1.81 bits per heavy atom. The molecule has 0 aromatic rings. The third kappa shape index (κ3) is 13.5. The molecule has 1 atom stereocenters. The molecule has 0 bridgehead atoms. The summed E-state index contributed by atoms with van der Waals surface area (Å²) in [5.74, 6) is -0.389. The molecule has 27 heavy (non-hydrogen) atoms. The number of rotatable bonds is 11. The smallest absolute Gasteiger partial charge is 0.328 e. The van der Waals surface area contributed by atoms with E-state index in [-0.39, 0.29) is 17.2 Å². The predicted octanol–water partition coefficient (Wildman–Crippen LogP) is 5.69. The van der Waals surface area contributed by atoms with E-state index in [1.54, 1.807) is 0 Å². The van der Waals surface area contributed by atoms with Gasteiger partial charge in [-0.2, -0.15) is 0 Å². The average molecular weight is 442 g/mol. The van der Waals surface area contributed by atoms with Crippen molar-refractivity contribution in [1.82, 2.24) is 5.32 Å². The summed E-state index contributed by atoms with van der Waals surface area (Å²) in [5, 5.41) is 2.75. The second-order valence-electron chi connectivity index (χ2n) is 8.12. The molecule has 0 saturated heterocycles. The minimum absolute atomic E-state index is 0.140. The SMILES string of the molecule is COC(=O)[C@H](CC(C)C)NC(=O)/C=C/C(C)(C)C/C=C(\C)CC/C=C(\C)Br. The number of allylic oxidation sites excluding steroid dienone is 5. The topological polar surface area (TPSA) is 55.4 Å². The van der Waals surface area contributed by atoms with Crippen LogP contribution in [0, 0.1) is 11.3 Å². The van der Waals surface area contributed by atoms with Crippen molar-refractivity contribution in [3.05, 3.63) is 34.4 Å². The summed E-state index contributed by atoms with van der Waals surface area (Å²) in [6, 6.07) is -0.608. The van der Waals surface area contributed by atoms with Gasteiger partial charge in [0.1, 0.15) is 6.04 Å². The Labute approximate surface area is 173 Å². The molecule has 5 heteroatoms. The Hall–Kier alpha value is -1.36. The van der Waals surface area contributed by atoms with Crippen LogP contribution in [-0.2, 0) is 14.3 Å². The number of hydrogen-bond acceptors (Lipinski definition) is 3. The Balaban J connectivity index is 4.72. The molecule has 0 unspecified atom stereocenters. The van der Waals surface area contributed by atoms with E-state index < -0.39 is 12.0 Å². The summed E-state index contributed by atoms with van der Waals surface area (Å²) in [4.78, 5) is 24.0. The van der Waals surface area contributed by atoms with E-state index in [2.05, 4.69) is 54.2 Å². The van der Waals surface area contributed by atoms with Gasteiger partial charge in [-0.15, -0.1) is 0 Å². The highest BCUT2D eigenvalue weighted by molar-refractivity contribution is 9.11. The van der Waals surface area contributed by atoms with Gasteiger partial charge in [0.15, 0.2) is 0 Å². The first-order valence-corrected chi connectivity index (χ1v) is 10.3. The predicted molar refractivity (Wildman–Crippen MR) is 117 cm³/mol. The summed E-state index contributed by atoms with van der Waals surface area (Å²) >= 11 is 3.44. The number of esters is 1. The van der Waals surface area contributed by atoms with Crippen LogP contribution in [-0.4, -0.2) is 25.0 Å². The molecule has 154 valence electrons. The molecule has 1 amide bonds. The quantitative estimate of drug-likeness (QED) is 0.254. The number of amides is 1. The second-order valence-corrected chi connectivity index (χ2v) is 9.37. The molecule has 4 nitrogen and oxygen atoms in total. The lowest BCUT2D eigenvalue weighted by atomic mass is 9.87. The van der Waals surface area contributed by atoms with Crippen LogP contribution in [0.5, 0.6) is 0 Å². The zero-order chi connectivity index (χ0) is 21.0. The van der Waals surface area contributed by atoms with E-state index in [4.69, 9.17) is 4.74 Å². The molecule has 0 aromatic carbocycles.